The zero-order valence-electron chi connectivity index (χ0n) is 35.2. The number of carbonyl (C=O) groups is 1. The molecule has 312 valence electrons. The van der Waals surface area contributed by atoms with Crippen molar-refractivity contribution in [3.63, 3.8) is 0 Å². The van der Waals surface area contributed by atoms with Crippen LogP contribution >= 0.6 is 0 Å². The molecule has 2 N–H and O–H groups in total. The number of hydrogen-bond acceptors (Lipinski definition) is 5. The monoisotopic (exact) mass is 769 g/mol. The predicted molar refractivity (Wildman–Crippen MR) is 225 cm³/mol. The molecule has 1 heterocycles. The number of amidine groups is 1. The number of nitrogens with zero attached hydrogens (tertiary/aromatic N) is 1. The lowest BCUT2D eigenvalue weighted by Gasteiger charge is -2.29. The summed E-state index contributed by atoms with van der Waals surface area (Å²) in [7, 11) is -4.42. The van der Waals surface area contributed by atoms with E-state index in [0.29, 0.717) is 6.42 Å². The van der Waals surface area contributed by atoms with Gasteiger partial charge in [-0.2, -0.15) is 4.99 Å². The Kier molecular flexibility index (Phi) is 36.3. The maximum absolute atomic E-state index is 12.5. The van der Waals surface area contributed by atoms with Crippen LogP contribution in [0.4, 0.5) is 0 Å². The fraction of sp³-hybridized carbons (Fsp3) is 0.864. The lowest BCUT2D eigenvalue weighted by atomic mass is 10.1. The summed E-state index contributed by atoms with van der Waals surface area (Å²) in [5.41, 5.74) is 0. The number of allylic oxidation sites excluding steroid dienone is 4. The summed E-state index contributed by atoms with van der Waals surface area (Å²) in [4.78, 5) is 16.2. The Bertz CT molecular complexity index is 1030. The summed E-state index contributed by atoms with van der Waals surface area (Å²) >= 11 is 0. The fourth-order valence-electron chi connectivity index (χ4n) is 7.16. The van der Waals surface area contributed by atoms with Crippen LogP contribution < -0.4 is 10.3 Å². The summed E-state index contributed by atoms with van der Waals surface area (Å²) < 4.78 is 33.1. The number of quaternary nitrogens is 1. The molecule has 0 bridgehead atoms. The fourth-order valence-corrected chi connectivity index (χ4v) is 7.45. The van der Waals surface area contributed by atoms with Crippen molar-refractivity contribution in [2.45, 2.75) is 207 Å². The molecular weight excluding hydrogens is 683 g/mol. The lowest BCUT2D eigenvalue weighted by Crippen LogP contribution is -2.72. The molecule has 1 rings (SSSR count). The van der Waals surface area contributed by atoms with Gasteiger partial charge in [-0.3, -0.25) is 8.98 Å². The third kappa shape index (κ3) is 33.5. The molecule has 8 nitrogen and oxygen atoms in total. The molecule has 0 saturated carbocycles. The molecule has 1 atom stereocenters. The van der Waals surface area contributed by atoms with Crippen molar-refractivity contribution < 1.29 is 31.4 Å². The summed E-state index contributed by atoms with van der Waals surface area (Å²) in [5.74, 6) is 1.77. The number of likely N-dealkylation sites (N-methyl/N-ethyl adjacent to an activating group) is 1. The van der Waals surface area contributed by atoms with Gasteiger partial charge in [-0.15, -0.1) is 0 Å². The van der Waals surface area contributed by atoms with Gasteiger partial charge in [0.05, 0.1) is 26.1 Å². The second-order valence-electron chi connectivity index (χ2n) is 15.1. The number of hydrogen-bond donors (Lipinski definition) is 2. The van der Waals surface area contributed by atoms with E-state index >= 15 is 0 Å². The first-order valence-electron chi connectivity index (χ1n) is 22.4. The number of nitrogens with one attached hydrogen (secondary N) is 2. The van der Waals surface area contributed by atoms with Crippen molar-refractivity contribution in [3.8, 4) is 0 Å². The zero-order chi connectivity index (χ0) is 39.1. The standard InChI is InChI=1S/C42H79N3O.C2H6O4S/c1-4-7-9-11-13-15-17-19-21-23-25-27-29-31-33-35-41-43-37-39-45(41,6-3)40-38-44-42(46)36-34-32-30-28-26-24-22-20-18-16-14-12-10-8-5-2;1-2-6-7(3,4)5/h19-22H,4-18,23-40H2,1-3H3;2H2,1H3,(H,3,4,5)/p+1/b21-19-,22-20-;. The number of rotatable bonds is 36. The van der Waals surface area contributed by atoms with E-state index < -0.39 is 10.4 Å². The highest BCUT2D eigenvalue weighted by molar-refractivity contribution is 7.80. The quantitative estimate of drug-likeness (QED) is 0.0217. The molecule has 0 aromatic rings. The Morgan fingerprint density at radius 1 is 0.679 bits per heavy atom. The second-order valence-corrected chi connectivity index (χ2v) is 16.2. The molecule has 1 aliphatic rings. The van der Waals surface area contributed by atoms with Crippen molar-refractivity contribution in [1.29, 1.82) is 0 Å². The Balaban J connectivity index is 0.00000348. The van der Waals surface area contributed by atoms with Crippen LogP contribution in [0.1, 0.15) is 207 Å². The highest BCUT2D eigenvalue weighted by atomic mass is 32.3. The first-order chi connectivity index (χ1) is 25.7. The highest BCUT2D eigenvalue weighted by Gasteiger charge is 2.41. The van der Waals surface area contributed by atoms with E-state index in [-0.39, 0.29) is 12.5 Å². The van der Waals surface area contributed by atoms with Crippen molar-refractivity contribution in [2.24, 2.45) is 0 Å². The van der Waals surface area contributed by atoms with Crippen LogP contribution in [0.3, 0.4) is 0 Å². The smallest absolute Gasteiger partial charge is 0.336 e. The predicted octanol–water partition coefficient (Wildman–Crippen LogP) is 9.99. The summed E-state index contributed by atoms with van der Waals surface area (Å²) in [6, 6.07) is 0. The van der Waals surface area contributed by atoms with Crippen molar-refractivity contribution in [2.75, 3.05) is 39.3 Å². The van der Waals surface area contributed by atoms with Crippen LogP contribution in [0.5, 0.6) is 0 Å². The topological polar surface area (TPSA) is 110 Å². The first-order valence-corrected chi connectivity index (χ1v) is 23.7. The molecule has 1 unspecified atom stereocenters. The minimum absolute atomic E-state index is 0.0914. The van der Waals surface area contributed by atoms with Crippen LogP contribution in [0.25, 0.3) is 0 Å². The molecule has 0 fully saturated rings. The van der Waals surface area contributed by atoms with Crippen LogP contribution in [0.2, 0.25) is 0 Å². The lowest BCUT2D eigenvalue weighted by molar-refractivity contribution is -0.836. The SMILES string of the molecule is CCCCCCCC/C=C\CCCCCCCC(=O)NCC[N+]1(CC)CC[NH+]=C1CCCCCCC/C=C\CCCCCCCC.CCOS(=O)(=O)[O-]. The first kappa shape index (κ1) is 51.5. The van der Waals surface area contributed by atoms with E-state index in [1.807, 2.05) is 0 Å². The Morgan fingerprint density at radius 2 is 1.11 bits per heavy atom. The van der Waals surface area contributed by atoms with Crippen molar-refractivity contribution in [1.82, 2.24) is 5.32 Å². The van der Waals surface area contributed by atoms with Crippen molar-refractivity contribution >= 4 is 22.1 Å². The second kappa shape index (κ2) is 37.4. The van der Waals surface area contributed by atoms with E-state index in [1.54, 1.807) is 0 Å². The Morgan fingerprint density at radius 3 is 1.53 bits per heavy atom. The average Bonchev–Trinajstić information content (AvgIpc) is 3.53. The maximum atomic E-state index is 12.5. The largest absolute Gasteiger partial charge is 0.726 e. The van der Waals surface area contributed by atoms with E-state index in [0.717, 1.165) is 37.1 Å². The molecule has 0 radical (unpaired) electrons. The van der Waals surface area contributed by atoms with Crippen LogP contribution in [-0.4, -0.2) is 68.5 Å². The van der Waals surface area contributed by atoms with Crippen molar-refractivity contribution in [3.05, 3.63) is 24.3 Å². The molecule has 1 amide bonds. The van der Waals surface area contributed by atoms with E-state index in [9.17, 15) is 17.8 Å². The number of unbranched alkanes of at least 4 members (excludes halogenated alkanes) is 22. The van der Waals surface area contributed by atoms with Gasteiger partial charge in [-0.05, 0) is 78.1 Å². The molecular formula is C44H86N3O5S+. The van der Waals surface area contributed by atoms with E-state index in [2.05, 4.69) is 59.6 Å². The van der Waals surface area contributed by atoms with Gasteiger partial charge in [-0.1, -0.05) is 141 Å². The number of carbonyl (C=O) groups excluding carboxylic acids is 1. The summed E-state index contributed by atoms with van der Waals surface area (Å²) in [6.45, 7) is 13.4. The molecule has 9 heteroatoms. The van der Waals surface area contributed by atoms with Crippen LogP contribution in [0, 0.1) is 0 Å². The number of amides is 1. The molecule has 0 aromatic carbocycles. The summed E-state index contributed by atoms with van der Waals surface area (Å²) in [6.07, 6.45) is 45.9. The minimum atomic E-state index is -4.42. The van der Waals surface area contributed by atoms with Gasteiger partial charge in [0, 0.05) is 6.42 Å². The molecule has 0 saturated heterocycles. The van der Waals surface area contributed by atoms with E-state index in [4.69, 9.17) is 0 Å². The summed E-state index contributed by atoms with van der Waals surface area (Å²) in [5, 5.41) is 3.25. The highest BCUT2D eigenvalue weighted by Crippen LogP contribution is 2.15. The van der Waals surface area contributed by atoms with Gasteiger partial charge in [-0.25, -0.2) is 12.9 Å². The molecule has 0 spiro atoms. The Hall–Kier alpha value is -1.55. The Labute approximate surface area is 329 Å². The minimum Gasteiger partial charge on any atom is -0.726 e. The molecule has 0 aliphatic carbocycles. The molecule has 1 aliphatic heterocycles. The van der Waals surface area contributed by atoms with Gasteiger partial charge in [0.15, 0.2) is 6.54 Å². The third-order valence-electron chi connectivity index (χ3n) is 10.5. The molecule has 53 heavy (non-hydrogen) atoms. The third-order valence-corrected chi connectivity index (χ3v) is 11.0. The zero-order valence-corrected chi connectivity index (χ0v) is 36.1. The maximum Gasteiger partial charge on any atom is 0.336 e. The van der Waals surface area contributed by atoms with Gasteiger partial charge in [0.1, 0.15) is 13.1 Å². The van der Waals surface area contributed by atoms with Gasteiger partial charge >= 0.3 is 5.84 Å². The average molecular weight is 769 g/mol. The normalized spacial score (nSPS) is 16.0. The van der Waals surface area contributed by atoms with Gasteiger partial charge in [0.25, 0.3) is 0 Å². The van der Waals surface area contributed by atoms with Crippen LogP contribution in [-0.2, 0) is 19.4 Å². The van der Waals surface area contributed by atoms with Gasteiger partial charge < -0.3 is 9.87 Å². The van der Waals surface area contributed by atoms with Gasteiger partial charge in [0.2, 0.25) is 16.3 Å². The van der Waals surface area contributed by atoms with E-state index in [1.165, 1.54) is 186 Å². The molecule has 0 aromatic heterocycles. The van der Waals surface area contributed by atoms with Crippen LogP contribution in [0.15, 0.2) is 24.3 Å².